The zero-order chi connectivity index (χ0) is 25.5. The van der Waals surface area contributed by atoms with Gasteiger partial charge in [-0.25, -0.2) is 13.8 Å². The Bertz CT molecular complexity index is 1170. The fraction of sp³-hybridized carbons (Fsp3) is 0.400. The number of hydrogen-bond acceptors (Lipinski definition) is 6. The van der Waals surface area contributed by atoms with Gasteiger partial charge in [0.15, 0.2) is 0 Å². The summed E-state index contributed by atoms with van der Waals surface area (Å²) in [6, 6.07) is 8.02. The third kappa shape index (κ3) is 7.03. The molecule has 1 fully saturated rings. The van der Waals surface area contributed by atoms with Crippen LogP contribution in [0.2, 0.25) is 0 Å². The van der Waals surface area contributed by atoms with Crippen LogP contribution in [0, 0.1) is 0 Å². The average Bonchev–Trinajstić information content (AvgIpc) is 3.55. The zero-order valence-electron chi connectivity index (χ0n) is 19.5. The SMILES string of the molecule is O=C(Cn1cc(C2CCC(F)(F)CC2)cn1)N[C@H](Cc1ccccc1)C(=O)C(=O)NCc1nccs1. The normalized spacial score (nSPS) is 16.3. The lowest BCUT2D eigenvalue weighted by Gasteiger charge is -2.27. The first-order valence-electron chi connectivity index (χ1n) is 11.7. The summed E-state index contributed by atoms with van der Waals surface area (Å²) in [5.41, 5.74) is 1.61. The zero-order valence-corrected chi connectivity index (χ0v) is 20.3. The van der Waals surface area contributed by atoms with Crippen molar-refractivity contribution in [3.63, 3.8) is 0 Å². The van der Waals surface area contributed by atoms with Crippen LogP contribution in [0.1, 0.15) is 47.7 Å². The second kappa shape index (κ2) is 11.5. The Morgan fingerprint density at radius 2 is 1.92 bits per heavy atom. The molecule has 1 atom stereocenters. The summed E-state index contributed by atoms with van der Waals surface area (Å²) in [5, 5.41) is 11.8. The van der Waals surface area contributed by atoms with Crippen molar-refractivity contribution in [2.45, 2.75) is 63.1 Å². The van der Waals surface area contributed by atoms with Crippen LogP contribution in [0.4, 0.5) is 8.78 Å². The van der Waals surface area contributed by atoms with Gasteiger partial charge < -0.3 is 10.6 Å². The summed E-state index contributed by atoms with van der Waals surface area (Å²) in [5.74, 6) is -4.67. The number of carbonyl (C=O) groups is 3. The third-order valence-electron chi connectivity index (χ3n) is 6.19. The molecule has 3 aromatic rings. The van der Waals surface area contributed by atoms with Gasteiger partial charge in [0.25, 0.3) is 5.91 Å². The standard InChI is InChI=1S/C25H27F2N5O3S/c26-25(27)8-6-18(7-9-25)19-13-30-32(15-19)16-21(33)31-20(12-17-4-2-1-3-5-17)23(34)24(35)29-14-22-28-10-11-36-22/h1-5,10-11,13,15,18,20H,6-9,12,14,16H2,(H,29,35)(H,31,33)/t20-/m1/s1. The number of nitrogens with one attached hydrogen (secondary N) is 2. The highest BCUT2D eigenvalue weighted by Gasteiger charge is 2.35. The molecule has 190 valence electrons. The number of halogens is 2. The highest BCUT2D eigenvalue weighted by Crippen LogP contribution is 2.40. The van der Waals surface area contributed by atoms with Crippen LogP contribution in [0.5, 0.6) is 0 Å². The molecule has 1 aliphatic rings. The number of alkyl halides is 2. The Labute approximate surface area is 211 Å². The first-order valence-corrected chi connectivity index (χ1v) is 12.6. The first-order chi connectivity index (χ1) is 17.3. The molecule has 8 nitrogen and oxygen atoms in total. The van der Waals surface area contributed by atoms with Crippen LogP contribution in [0.3, 0.4) is 0 Å². The highest BCUT2D eigenvalue weighted by molar-refractivity contribution is 7.09. The van der Waals surface area contributed by atoms with Crippen molar-refractivity contribution in [1.82, 2.24) is 25.4 Å². The molecule has 1 aliphatic carbocycles. The van der Waals surface area contributed by atoms with Crippen LogP contribution < -0.4 is 10.6 Å². The number of hydrogen-bond donors (Lipinski definition) is 2. The van der Waals surface area contributed by atoms with Crippen molar-refractivity contribution in [1.29, 1.82) is 0 Å². The maximum atomic E-state index is 13.5. The van der Waals surface area contributed by atoms with Crippen LogP contribution in [0.25, 0.3) is 0 Å². The van der Waals surface area contributed by atoms with E-state index in [9.17, 15) is 23.2 Å². The van der Waals surface area contributed by atoms with Crippen LogP contribution >= 0.6 is 11.3 Å². The minimum Gasteiger partial charge on any atom is -0.344 e. The van der Waals surface area contributed by atoms with Crippen molar-refractivity contribution in [3.8, 4) is 0 Å². The van der Waals surface area contributed by atoms with Gasteiger partial charge in [-0.2, -0.15) is 5.10 Å². The lowest BCUT2D eigenvalue weighted by molar-refractivity contribution is -0.140. The second-order valence-electron chi connectivity index (χ2n) is 8.88. The van der Waals surface area contributed by atoms with Gasteiger partial charge in [-0.3, -0.25) is 19.1 Å². The van der Waals surface area contributed by atoms with Crippen LogP contribution in [-0.2, 0) is 33.9 Å². The fourth-order valence-corrected chi connectivity index (χ4v) is 4.79. The van der Waals surface area contributed by atoms with Crippen molar-refractivity contribution in [3.05, 3.63) is 70.4 Å². The summed E-state index contributed by atoms with van der Waals surface area (Å²) in [6.45, 7) is -0.0421. The van der Waals surface area contributed by atoms with E-state index in [0.29, 0.717) is 17.8 Å². The maximum absolute atomic E-state index is 13.5. The molecule has 0 aliphatic heterocycles. The molecule has 1 saturated carbocycles. The van der Waals surface area contributed by atoms with Gasteiger partial charge in [-0.15, -0.1) is 11.3 Å². The Morgan fingerprint density at radius 3 is 2.61 bits per heavy atom. The summed E-state index contributed by atoms with van der Waals surface area (Å²) in [7, 11) is 0. The molecule has 0 unspecified atom stereocenters. The highest BCUT2D eigenvalue weighted by atomic mass is 32.1. The minimum absolute atomic E-state index is 0.0182. The van der Waals surface area contributed by atoms with Gasteiger partial charge in [-0.05, 0) is 29.9 Å². The maximum Gasteiger partial charge on any atom is 0.289 e. The van der Waals surface area contributed by atoms with E-state index in [2.05, 4.69) is 20.7 Å². The van der Waals surface area contributed by atoms with E-state index in [1.54, 1.807) is 24.0 Å². The van der Waals surface area contributed by atoms with E-state index >= 15 is 0 Å². The fourth-order valence-electron chi connectivity index (χ4n) is 4.24. The van der Waals surface area contributed by atoms with E-state index in [0.717, 1.165) is 11.1 Å². The number of nitrogens with zero attached hydrogens (tertiary/aromatic N) is 3. The molecular weight excluding hydrogens is 488 g/mol. The largest absolute Gasteiger partial charge is 0.344 e. The number of benzene rings is 1. The van der Waals surface area contributed by atoms with E-state index in [1.807, 2.05) is 30.3 Å². The van der Waals surface area contributed by atoms with Crippen molar-refractivity contribution >= 4 is 28.9 Å². The number of carbonyl (C=O) groups excluding carboxylic acids is 3. The Morgan fingerprint density at radius 1 is 1.17 bits per heavy atom. The quantitative estimate of drug-likeness (QED) is 0.403. The second-order valence-corrected chi connectivity index (χ2v) is 9.86. The molecule has 11 heteroatoms. The van der Waals surface area contributed by atoms with Gasteiger partial charge in [0.2, 0.25) is 17.6 Å². The molecule has 2 aromatic heterocycles. The predicted molar refractivity (Wildman–Crippen MR) is 129 cm³/mol. The molecule has 2 N–H and O–H groups in total. The Hall–Kier alpha value is -3.47. The number of aromatic nitrogens is 3. The van der Waals surface area contributed by atoms with Gasteiger partial charge in [0, 0.05) is 37.0 Å². The number of thiazole rings is 1. The Kier molecular flexibility index (Phi) is 8.19. The molecule has 36 heavy (non-hydrogen) atoms. The monoisotopic (exact) mass is 515 g/mol. The van der Waals surface area contributed by atoms with Gasteiger partial charge in [0.1, 0.15) is 17.6 Å². The molecule has 1 aromatic carbocycles. The van der Waals surface area contributed by atoms with Gasteiger partial charge in [-0.1, -0.05) is 30.3 Å². The number of rotatable bonds is 10. The first kappa shape index (κ1) is 25.6. The van der Waals surface area contributed by atoms with Crippen molar-refractivity contribution < 1.29 is 23.2 Å². The lowest BCUT2D eigenvalue weighted by atomic mass is 9.83. The van der Waals surface area contributed by atoms with Crippen LogP contribution in [0.15, 0.2) is 54.3 Å². The lowest BCUT2D eigenvalue weighted by Crippen LogP contribution is -2.49. The Balaban J connectivity index is 1.37. The summed E-state index contributed by atoms with van der Waals surface area (Å²) in [4.78, 5) is 42.3. The molecular formula is C25H27F2N5O3S. The predicted octanol–water partition coefficient (Wildman–Crippen LogP) is 3.25. The van der Waals surface area contributed by atoms with Crippen molar-refractivity contribution in [2.24, 2.45) is 0 Å². The smallest absolute Gasteiger partial charge is 0.289 e. The molecule has 2 amide bonds. The minimum atomic E-state index is -2.61. The summed E-state index contributed by atoms with van der Waals surface area (Å²) < 4.78 is 28.3. The summed E-state index contributed by atoms with van der Waals surface area (Å²) >= 11 is 1.36. The van der Waals surface area contributed by atoms with E-state index in [-0.39, 0.29) is 38.3 Å². The molecule has 0 spiro atoms. The van der Waals surface area contributed by atoms with Gasteiger partial charge >= 0.3 is 0 Å². The third-order valence-corrected chi connectivity index (χ3v) is 6.97. The number of amides is 2. The molecule has 0 saturated heterocycles. The van der Waals surface area contributed by atoms with Crippen LogP contribution in [-0.4, -0.2) is 44.3 Å². The summed E-state index contributed by atoms with van der Waals surface area (Å²) in [6.07, 6.45) is 5.47. The van der Waals surface area contributed by atoms with E-state index in [4.69, 9.17) is 0 Å². The average molecular weight is 516 g/mol. The van der Waals surface area contributed by atoms with Gasteiger partial charge in [0.05, 0.1) is 12.7 Å². The topological polar surface area (TPSA) is 106 Å². The van der Waals surface area contributed by atoms with E-state index in [1.165, 1.54) is 16.0 Å². The van der Waals surface area contributed by atoms with Crippen molar-refractivity contribution in [2.75, 3.05) is 0 Å². The number of ketones is 1. The molecule has 4 rings (SSSR count). The molecule has 0 radical (unpaired) electrons. The number of Topliss-reactive ketones (excluding diaryl/α,β-unsaturated/α-hetero) is 1. The molecule has 0 bridgehead atoms. The van der Waals surface area contributed by atoms with E-state index < -0.39 is 29.6 Å². The molecule has 2 heterocycles.